The Balaban J connectivity index is 1.46. The molecule has 1 aromatic rings. The molecule has 32 heavy (non-hydrogen) atoms. The summed E-state index contributed by atoms with van der Waals surface area (Å²) in [7, 11) is 2.24. The van der Waals surface area contributed by atoms with Crippen molar-refractivity contribution in [1.82, 2.24) is 9.80 Å². The van der Waals surface area contributed by atoms with E-state index in [0.29, 0.717) is 0 Å². The van der Waals surface area contributed by atoms with Crippen LogP contribution >= 0.6 is 12.2 Å². The van der Waals surface area contributed by atoms with Gasteiger partial charge in [0.15, 0.2) is 0 Å². The third-order valence-corrected chi connectivity index (χ3v) is 9.90. The van der Waals surface area contributed by atoms with E-state index in [-0.39, 0.29) is 17.0 Å². The van der Waals surface area contributed by atoms with Gasteiger partial charge in [-0.1, -0.05) is 44.3 Å². The summed E-state index contributed by atoms with van der Waals surface area (Å²) >= 11 is 6.22. The summed E-state index contributed by atoms with van der Waals surface area (Å²) in [6.07, 6.45) is 8.27. The predicted octanol–water partition coefficient (Wildman–Crippen LogP) is 4.84. The van der Waals surface area contributed by atoms with E-state index in [1.54, 1.807) is 0 Å². The number of piperazine rings is 1. The molecule has 4 aliphatic carbocycles. The molecule has 0 unspecified atom stereocenters. The SMILES string of the molecule is CN1CCN([C@H]2C(=NC34CC5CC(CC(C5)C3)C4)N(c3ccccc3)C(=S)C2(C)C)CC1. The Kier molecular flexibility index (Phi) is 5.05. The minimum atomic E-state index is -0.109. The molecule has 2 aliphatic heterocycles. The van der Waals surface area contributed by atoms with Crippen LogP contribution in [0.1, 0.15) is 52.4 Å². The van der Waals surface area contributed by atoms with Crippen LogP contribution in [0.2, 0.25) is 0 Å². The molecule has 0 spiro atoms. The van der Waals surface area contributed by atoms with E-state index in [2.05, 4.69) is 65.9 Å². The van der Waals surface area contributed by atoms with Crippen molar-refractivity contribution in [2.75, 3.05) is 38.1 Å². The molecular weight excluding hydrogens is 412 g/mol. The number of benzene rings is 1. The van der Waals surface area contributed by atoms with Crippen LogP contribution < -0.4 is 4.90 Å². The van der Waals surface area contributed by atoms with E-state index in [1.165, 1.54) is 50.0 Å². The third-order valence-electron chi connectivity index (χ3n) is 9.19. The smallest absolute Gasteiger partial charge is 0.127 e. The number of hydrogen-bond donors (Lipinski definition) is 0. The maximum Gasteiger partial charge on any atom is 0.127 e. The van der Waals surface area contributed by atoms with E-state index in [1.807, 2.05) is 0 Å². The standard InChI is InChI=1S/C27H38N4S/c1-26(2)23(30-11-9-29(3)10-12-30)24(31(25(26)32)22-7-5-4-6-8-22)28-27-16-19-13-20(17-27)15-21(14-19)18-27/h4-8,19-21,23H,9-18H2,1-3H3/t19?,20?,21?,23-,27?/m0/s1. The van der Waals surface area contributed by atoms with E-state index in [0.717, 1.165) is 48.9 Å². The lowest BCUT2D eigenvalue weighted by molar-refractivity contribution is 0.00106. The van der Waals surface area contributed by atoms with Crippen LogP contribution in [0.3, 0.4) is 0 Å². The first kappa shape index (κ1) is 21.2. The van der Waals surface area contributed by atoms with E-state index < -0.39 is 0 Å². The zero-order valence-corrected chi connectivity index (χ0v) is 20.8. The number of rotatable bonds is 3. The Morgan fingerprint density at radius 2 is 1.44 bits per heavy atom. The highest BCUT2D eigenvalue weighted by atomic mass is 32.1. The average molecular weight is 451 g/mol. The lowest BCUT2D eigenvalue weighted by Crippen LogP contribution is -2.56. The minimum Gasteiger partial charge on any atom is -0.304 e. The van der Waals surface area contributed by atoms with Gasteiger partial charge in [-0.3, -0.25) is 14.8 Å². The van der Waals surface area contributed by atoms with Crippen LogP contribution in [0, 0.1) is 23.2 Å². The summed E-state index contributed by atoms with van der Waals surface area (Å²) in [4.78, 5) is 14.4. The molecule has 0 amide bonds. The van der Waals surface area contributed by atoms with Gasteiger partial charge in [-0.25, -0.2) is 0 Å². The van der Waals surface area contributed by atoms with E-state index in [4.69, 9.17) is 17.2 Å². The van der Waals surface area contributed by atoms with Crippen molar-refractivity contribution in [3.63, 3.8) is 0 Å². The summed E-state index contributed by atoms with van der Waals surface area (Å²) in [5.41, 5.74) is 1.23. The first-order valence-corrected chi connectivity index (χ1v) is 13.2. The number of para-hydroxylation sites is 1. The Hall–Kier alpha value is -1.30. The van der Waals surface area contributed by atoms with Crippen molar-refractivity contribution in [2.45, 2.75) is 64.0 Å². The highest BCUT2D eigenvalue weighted by molar-refractivity contribution is 7.80. The van der Waals surface area contributed by atoms with Crippen LogP contribution in [0.5, 0.6) is 0 Å². The Morgan fingerprint density at radius 1 is 0.875 bits per heavy atom. The quantitative estimate of drug-likeness (QED) is 0.614. The number of hydrogen-bond acceptors (Lipinski definition) is 4. The maximum atomic E-state index is 6.22. The summed E-state index contributed by atoms with van der Waals surface area (Å²) in [6, 6.07) is 11.1. The topological polar surface area (TPSA) is 22.1 Å². The Bertz CT molecular complexity index is 880. The van der Waals surface area contributed by atoms with Gasteiger partial charge in [-0.05, 0) is 75.5 Å². The van der Waals surface area contributed by atoms with Gasteiger partial charge in [0.1, 0.15) is 5.84 Å². The lowest BCUT2D eigenvalue weighted by atomic mass is 9.53. The Labute approximate surface area is 199 Å². The van der Waals surface area contributed by atoms with Crippen LogP contribution in [-0.2, 0) is 0 Å². The second-order valence-corrected chi connectivity index (χ2v) is 12.4. The number of likely N-dealkylation sites (N-methyl/N-ethyl adjacent to an activating group) is 1. The van der Waals surface area contributed by atoms with Gasteiger partial charge >= 0.3 is 0 Å². The Morgan fingerprint density at radius 3 is 2.00 bits per heavy atom. The minimum absolute atomic E-state index is 0.109. The fraction of sp³-hybridized carbons (Fsp3) is 0.704. The van der Waals surface area contributed by atoms with Crippen LogP contribution in [0.15, 0.2) is 35.3 Å². The molecule has 4 nitrogen and oxygen atoms in total. The normalized spacial score (nSPS) is 40.5. The molecule has 7 rings (SSSR count). The third kappa shape index (κ3) is 3.38. The van der Waals surface area contributed by atoms with Crippen molar-refractivity contribution in [3.05, 3.63) is 30.3 Å². The van der Waals surface area contributed by atoms with Gasteiger partial charge in [0.2, 0.25) is 0 Å². The number of amidine groups is 1. The molecule has 1 aromatic carbocycles. The number of nitrogens with zero attached hydrogens (tertiary/aromatic N) is 4. The molecule has 0 radical (unpaired) electrons. The number of thiocarbonyl (C=S) groups is 1. The second-order valence-electron chi connectivity index (χ2n) is 12.1. The second kappa shape index (κ2) is 7.61. The van der Waals surface area contributed by atoms with Gasteiger partial charge < -0.3 is 4.90 Å². The molecule has 6 aliphatic rings. The highest BCUT2D eigenvalue weighted by Gasteiger charge is 2.56. The van der Waals surface area contributed by atoms with Crippen molar-refractivity contribution < 1.29 is 0 Å². The van der Waals surface area contributed by atoms with Gasteiger partial charge in [0, 0.05) is 37.3 Å². The molecule has 5 heteroatoms. The fourth-order valence-corrected chi connectivity index (χ4v) is 8.35. The molecule has 1 atom stereocenters. The van der Waals surface area contributed by atoms with Gasteiger partial charge in [-0.15, -0.1) is 0 Å². The largest absolute Gasteiger partial charge is 0.304 e. The van der Waals surface area contributed by atoms with Crippen LogP contribution in [0.4, 0.5) is 5.69 Å². The monoisotopic (exact) mass is 450 g/mol. The summed E-state index contributed by atoms with van der Waals surface area (Å²) in [5.74, 6) is 3.95. The fourth-order valence-electron chi connectivity index (χ4n) is 8.04. The predicted molar refractivity (Wildman–Crippen MR) is 136 cm³/mol. The molecule has 0 N–H and O–H groups in total. The van der Waals surface area contributed by atoms with E-state index in [9.17, 15) is 0 Å². The van der Waals surface area contributed by atoms with Gasteiger partial charge in [0.25, 0.3) is 0 Å². The molecule has 2 saturated heterocycles. The maximum absolute atomic E-state index is 6.22. The lowest BCUT2D eigenvalue weighted by Gasteiger charge is -2.55. The van der Waals surface area contributed by atoms with E-state index >= 15 is 0 Å². The van der Waals surface area contributed by atoms with Crippen LogP contribution in [0.25, 0.3) is 0 Å². The molecule has 2 heterocycles. The van der Waals surface area contributed by atoms with Crippen molar-refractivity contribution in [2.24, 2.45) is 28.2 Å². The first-order chi connectivity index (χ1) is 15.3. The average Bonchev–Trinajstić information content (AvgIpc) is 2.93. The van der Waals surface area contributed by atoms with Crippen LogP contribution in [-0.4, -0.2) is 65.4 Å². The summed E-state index contributed by atoms with van der Waals surface area (Å²) < 4.78 is 0. The van der Waals surface area contributed by atoms with Crippen molar-refractivity contribution >= 4 is 28.7 Å². The van der Waals surface area contributed by atoms with Crippen molar-refractivity contribution in [1.29, 1.82) is 0 Å². The van der Waals surface area contributed by atoms with Gasteiger partial charge in [-0.2, -0.15) is 0 Å². The molecule has 6 fully saturated rings. The zero-order chi connectivity index (χ0) is 22.1. The molecular formula is C27H38N4S. The molecule has 4 bridgehead atoms. The number of aliphatic imine (C=N–C) groups is 1. The first-order valence-electron chi connectivity index (χ1n) is 12.8. The van der Waals surface area contributed by atoms with Gasteiger partial charge in [0.05, 0.1) is 16.6 Å². The molecule has 0 aromatic heterocycles. The highest BCUT2D eigenvalue weighted by Crippen LogP contribution is 2.58. The summed E-state index contributed by atoms with van der Waals surface area (Å²) in [6.45, 7) is 9.14. The summed E-state index contributed by atoms with van der Waals surface area (Å²) in [5, 5.41) is 0. The molecule has 172 valence electrons. The zero-order valence-electron chi connectivity index (χ0n) is 20.0. The molecule has 4 saturated carbocycles. The number of anilines is 1. The van der Waals surface area contributed by atoms with Crippen molar-refractivity contribution in [3.8, 4) is 0 Å².